The molecule has 4 N–H and O–H groups in total. The van der Waals surface area contributed by atoms with Crippen LogP contribution in [0.15, 0.2) is 89.4 Å². The van der Waals surface area contributed by atoms with Gasteiger partial charge in [0.15, 0.2) is 23.1 Å². The van der Waals surface area contributed by atoms with Crippen LogP contribution in [0.5, 0.6) is 23.1 Å². The van der Waals surface area contributed by atoms with Gasteiger partial charge in [-0.2, -0.15) is 0 Å². The van der Waals surface area contributed by atoms with E-state index in [0.717, 1.165) is 39.7 Å². The number of carbonyl (C=O) groups excluding carboxylic acids is 4. The molecule has 4 amide bonds. The van der Waals surface area contributed by atoms with E-state index in [1.165, 1.54) is 30.5 Å². The second kappa shape index (κ2) is 22.1. The second-order valence-electron chi connectivity index (χ2n) is 19.4. The van der Waals surface area contributed by atoms with Crippen LogP contribution in [0.25, 0.3) is 32.2 Å². The number of fused-ring (bicyclic) bond motifs is 2. The van der Waals surface area contributed by atoms with Crippen LogP contribution in [0, 0.1) is 25.1 Å². The highest BCUT2D eigenvalue weighted by atomic mass is 32.1. The number of hydrogen-bond acceptors (Lipinski definition) is 13. The van der Waals surface area contributed by atoms with Gasteiger partial charge in [0.1, 0.15) is 24.0 Å². The summed E-state index contributed by atoms with van der Waals surface area (Å²) >= 11 is 1.56. The van der Waals surface area contributed by atoms with Crippen LogP contribution in [0.4, 0.5) is 10.1 Å². The minimum Gasteiger partial charge on any atom is -0.493 e. The molecule has 0 aliphatic carbocycles. The first-order valence-electron chi connectivity index (χ1n) is 24.3. The zero-order chi connectivity index (χ0) is 53.0. The summed E-state index contributed by atoms with van der Waals surface area (Å²) in [6.07, 6.45) is 1.38. The predicted molar refractivity (Wildman–Crippen MR) is 280 cm³/mol. The van der Waals surface area contributed by atoms with Gasteiger partial charge in [-0.05, 0) is 79.1 Å². The van der Waals surface area contributed by atoms with Gasteiger partial charge in [0, 0.05) is 61.9 Å². The standard InChI is InChI=1S/C55H59FN8O9S/c1-9-32-14-18-41-38(21-32)48(67)47(31(3)63(41)7)52(69)61-35-17-19-43(39(56)22-35)73-53-37-24-44(71-8)45(25-40(37)58-28-59-53)72-20-10-11-46(66)62-50(55(4,5)6)54(70)64-27-36(65)23-42(64)51(68)57-26-33-12-15-34(16-13-33)49-30(2)60-29-74-49/h12-19,21-22,24-25,28-29,36,42,50,65H,9-11,20,23,26-27H2,1-8H3,(H,57,68)(H,61,69)(H,62,66). The van der Waals surface area contributed by atoms with Gasteiger partial charge in [-0.3, -0.25) is 24.0 Å². The number of methoxy groups -OCH3 is 1. The Morgan fingerprint density at radius 1 is 0.932 bits per heavy atom. The number of benzene rings is 4. The first-order valence-corrected chi connectivity index (χ1v) is 25.1. The fourth-order valence-electron chi connectivity index (χ4n) is 8.97. The summed E-state index contributed by atoms with van der Waals surface area (Å²) in [5.74, 6) is -2.35. The van der Waals surface area contributed by atoms with Crippen LogP contribution < -0.4 is 35.6 Å². The van der Waals surface area contributed by atoms with Gasteiger partial charge in [0.2, 0.25) is 29.0 Å². The monoisotopic (exact) mass is 1030 g/mol. The van der Waals surface area contributed by atoms with Crippen LogP contribution in [0.1, 0.15) is 79.8 Å². The number of carbonyl (C=O) groups is 4. The number of nitrogens with zero attached hydrogens (tertiary/aromatic N) is 5. The Balaban J connectivity index is 0.863. The van der Waals surface area contributed by atoms with Crippen molar-refractivity contribution in [1.82, 2.24) is 35.1 Å². The van der Waals surface area contributed by atoms with E-state index in [2.05, 4.69) is 30.9 Å². The summed E-state index contributed by atoms with van der Waals surface area (Å²) in [4.78, 5) is 83.5. The van der Waals surface area contributed by atoms with Crippen molar-refractivity contribution in [3.8, 4) is 33.6 Å². The smallest absolute Gasteiger partial charge is 0.261 e. The number of amides is 4. The lowest BCUT2D eigenvalue weighted by atomic mass is 9.85. The average molecular weight is 1030 g/mol. The molecule has 3 atom stereocenters. The Morgan fingerprint density at radius 3 is 2.38 bits per heavy atom. The fourth-order valence-corrected chi connectivity index (χ4v) is 9.79. The lowest BCUT2D eigenvalue weighted by molar-refractivity contribution is -0.144. The number of anilines is 1. The number of β-amino-alcohol motifs (C(OH)–C–C–N with tert-alkyl or cyclic N) is 1. The zero-order valence-electron chi connectivity index (χ0n) is 42.5. The number of likely N-dealkylation sites (tertiary alicyclic amines) is 1. The maximum absolute atomic E-state index is 15.7. The summed E-state index contributed by atoms with van der Waals surface area (Å²) in [5, 5.41) is 19.9. The molecule has 4 aromatic carbocycles. The zero-order valence-corrected chi connectivity index (χ0v) is 43.3. The molecule has 0 saturated carbocycles. The Kier molecular flexibility index (Phi) is 15.7. The maximum Gasteiger partial charge on any atom is 0.261 e. The third kappa shape index (κ3) is 11.4. The number of aliphatic hydroxyl groups is 1. The molecule has 386 valence electrons. The summed E-state index contributed by atoms with van der Waals surface area (Å²) in [7, 11) is 3.22. The largest absolute Gasteiger partial charge is 0.493 e. The van der Waals surface area contributed by atoms with Crippen molar-refractivity contribution in [3.05, 3.63) is 129 Å². The van der Waals surface area contributed by atoms with Crippen molar-refractivity contribution < 1.29 is 42.9 Å². The molecule has 19 heteroatoms. The van der Waals surface area contributed by atoms with E-state index in [1.54, 1.807) is 53.6 Å². The highest BCUT2D eigenvalue weighted by Gasteiger charge is 2.44. The molecule has 17 nitrogen and oxygen atoms in total. The van der Waals surface area contributed by atoms with E-state index >= 15 is 4.39 Å². The summed E-state index contributed by atoms with van der Waals surface area (Å²) in [6.45, 7) is 11.3. The lowest BCUT2D eigenvalue weighted by Crippen LogP contribution is -2.57. The van der Waals surface area contributed by atoms with E-state index in [-0.39, 0.29) is 67.6 Å². The minimum absolute atomic E-state index is 0.000841. The number of aromatic nitrogens is 4. The molecule has 0 radical (unpaired) electrons. The van der Waals surface area contributed by atoms with Crippen LogP contribution in [-0.4, -0.2) is 91.6 Å². The molecule has 1 fully saturated rings. The van der Waals surface area contributed by atoms with Gasteiger partial charge in [0.25, 0.3) is 5.91 Å². The van der Waals surface area contributed by atoms with Gasteiger partial charge >= 0.3 is 0 Å². The van der Waals surface area contributed by atoms with Gasteiger partial charge in [0.05, 0.1) is 52.3 Å². The van der Waals surface area contributed by atoms with Gasteiger partial charge < -0.3 is 44.7 Å². The van der Waals surface area contributed by atoms with Crippen LogP contribution >= 0.6 is 11.3 Å². The topological polar surface area (TPSA) is 216 Å². The molecule has 3 unspecified atom stereocenters. The molecule has 7 aromatic rings. The molecule has 0 spiro atoms. The molecular formula is C55H59FN8O9S. The Morgan fingerprint density at radius 2 is 1.69 bits per heavy atom. The van der Waals surface area contributed by atoms with Gasteiger partial charge in [-0.15, -0.1) is 11.3 Å². The number of pyridine rings is 1. The number of hydrogen-bond donors (Lipinski definition) is 4. The molecule has 3 aromatic heterocycles. The molecule has 1 aliphatic rings. The highest BCUT2D eigenvalue weighted by molar-refractivity contribution is 7.13. The molecule has 74 heavy (non-hydrogen) atoms. The predicted octanol–water partition coefficient (Wildman–Crippen LogP) is 7.94. The number of aliphatic hydroxyl groups excluding tert-OH is 1. The van der Waals surface area contributed by atoms with Crippen LogP contribution in [0.3, 0.4) is 0 Å². The molecule has 1 aliphatic heterocycles. The Bertz CT molecular complexity index is 3340. The van der Waals surface area contributed by atoms with Crippen molar-refractivity contribution in [2.24, 2.45) is 12.5 Å². The SMILES string of the molecule is CCc1ccc2c(c1)c(=O)c(C(=O)Nc1ccc(Oc3ncnc4cc(OCCCC(=O)NC(C(=O)N5CC(O)CC5C(=O)NCc5ccc(-c6scnc6C)cc5)C(C)(C)C)c(OC)cc34)c(F)c1)c(C)n2C. The Hall–Kier alpha value is -7.77. The van der Waals surface area contributed by atoms with Crippen molar-refractivity contribution in [1.29, 1.82) is 0 Å². The van der Waals surface area contributed by atoms with E-state index in [0.29, 0.717) is 33.2 Å². The normalized spacial score (nSPS) is 15.0. The van der Waals surface area contributed by atoms with Crippen molar-refractivity contribution in [2.75, 3.05) is 25.6 Å². The van der Waals surface area contributed by atoms with E-state index in [9.17, 15) is 29.1 Å². The van der Waals surface area contributed by atoms with E-state index in [4.69, 9.17) is 14.2 Å². The number of ether oxygens (including phenoxy) is 3. The quantitative estimate of drug-likeness (QED) is 0.0640. The van der Waals surface area contributed by atoms with E-state index in [1.807, 2.05) is 71.0 Å². The first-order chi connectivity index (χ1) is 35.3. The molecule has 8 rings (SSSR count). The number of nitrogens with one attached hydrogen (secondary N) is 3. The van der Waals surface area contributed by atoms with Crippen molar-refractivity contribution in [2.45, 2.75) is 92.0 Å². The third-order valence-corrected chi connectivity index (χ3v) is 14.2. The average Bonchev–Trinajstić information content (AvgIpc) is 4.00. The number of thiazole rings is 1. The van der Waals surface area contributed by atoms with Crippen LogP contribution in [0.2, 0.25) is 0 Å². The highest BCUT2D eigenvalue weighted by Crippen LogP contribution is 2.37. The molecule has 1 saturated heterocycles. The number of halogens is 1. The van der Waals surface area contributed by atoms with Gasteiger partial charge in [-0.1, -0.05) is 58.0 Å². The van der Waals surface area contributed by atoms with Crippen molar-refractivity contribution >= 4 is 62.5 Å². The summed E-state index contributed by atoms with van der Waals surface area (Å²) < 4.78 is 35.1. The fraction of sp³-hybridized carbons (Fsp3) is 0.345. The summed E-state index contributed by atoms with van der Waals surface area (Å²) in [6, 6.07) is 18.5. The second-order valence-corrected chi connectivity index (χ2v) is 20.2. The van der Waals surface area contributed by atoms with Crippen molar-refractivity contribution in [3.63, 3.8) is 0 Å². The summed E-state index contributed by atoms with van der Waals surface area (Å²) in [5.41, 5.74) is 6.06. The van der Waals surface area contributed by atoms with Gasteiger partial charge in [-0.25, -0.2) is 19.3 Å². The Labute approximate surface area is 431 Å². The number of rotatable bonds is 17. The maximum atomic E-state index is 15.7. The van der Waals surface area contributed by atoms with Crippen LogP contribution in [-0.2, 0) is 34.4 Å². The first kappa shape index (κ1) is 52.5. The third-order valence-electron chi connectivity index (χ3n) is 13.2. The number of aryl methyl sites for hydroxylation is 3. The molecule has 4 heterocycles. The molecular weight excluding hydrogens is 968 g/mol. The molecule has 0 bridgehead atoms. The minimum atomic E-state index is -1.00. The van der Waals surface area contributed by atoms with E-state index < -0.39 is 58.5 Å². The lowest BCUT2D eigenvalue weighted by Gasteiger charge is -2.35.